The van der Waals surface area contributed by atoms with Gasteiger partial charge >= 0.3 is 0 Å². The summed E-state index contributed by atoms with van der Waals surface area (Å²) in [6, 6.07) is 0. The van der Waals surface area contributed by atoms with Crippen molar-refractivity contribution in [1.29, 1.82) is 0 Å². The zero-order valence-corrected chi connectivity index (χ0v) is 7.11. The van der Waals surface area contributed by atoms with E-state index in [-0.39, 0.29) is 5.41 Å². The van der Waals surface area contributed by atoms with Crippen molar-refractivity contribution in [3.05, 3.63) is 0 Å². The van der Waals surface area contributed by atoms with E-state index in [1.54, 1.807) is 0 Å². The van der Waals surface area contributed by atoms with Gasteiger partial charge in [-0.2, -0.15) is 0 Å². The molecule has 2 nitrogen and oxygen atoms in total. The summed E-state index contributed by atoms with van der Waals surface area (Å²) < 4.78 is 5.18. The Kier molecular flexibility index (Phi) is 1.77. The van der Waals surface area contributed by atoms with E-state index in [0.29, 0.717) is 5.41 Å². The van der Waals surface area contributed by atoms with Crippen LogP contribution in [0.4, 0.5) is 0 Å². The minimum atomic E-state index is 0.257. The lowest BCUT2D eigenvalue weighted by Gasteiger charge is -2.50. The molecule has 0 spiro atoms. The minimum Gasteiger partial charge on any atom is -0.380 e. The summed E-state index contributed by atoms with van der Waals surface area (Å²) in [6.07, 6.45) is 0. The molecule has 0 bridgehead atoms. The van der Waals surface area contributed by atoms with Crippen LogP contribution in [-0.2, 0) is 4.74 Å². The van der Waals surface area contributed by atoms with Gasteiger partial charge in [0.15, 0.2) is 0 Å². The molecule has 1 aliphatic heterocycles. The van der Waals surface area contributed by atoms with Crippen LogP contribution in [0.1, 0.15) is 20.8 Å². The summed E-state index contributed by atoms with van der Waals surface area (Å²) in [5.41, 5.74) is 6.22. The van der Waals surface area contributed by atoms with Gasteiger partial charge in [0.25, 0.3) is 0 Å². The highest BCUT2D eigenvalue weighted by Gasteiger charge is 2.46. The second kappa shape index (κ2) is 2.21. The van der Waals surface area contributed by atoms with E-state index in [1.165, 1.54) is 0 Å². The van der Waals surface area contributed by atoms with Crippen molar-refractivity contribution in [2.45, 2.75) is 20.8 Å². The summed E-state index contributed by atoms with van der Waals surface area (Å²) in [7, 11) is 0. The van der Waals surface area contributed by atoms with Gasteiger partial charge in [-0.1, -0.05) is 20.8 Å². The van der Waals surface area contributed by atoms with Crippen molar-refractivity contribution in [2.24, 2.45) is 16.6 Å². The maximum Gasteiger partial charge on any atom is 0.0562 e. The van der Waals surface area contributed by atoms with Gasteiger partial charge < -0.3 is 10.5 Å². The van der Waals surface area contributed by atoms with Crippen molar-refractivity contribution in [2.75, 3.05) is 19.8 Å². The van der Waals surface area contributed by atoms with Gasteiger partial charge in [0.1, 0.15) is 0 Å². The van der Waals surface area contributed by atoms with Crippen LogP contribution >= 0.6 is 0 Å². The molecule has 1 rings (SSSR count). The maximum absolute atomic E-state index is 5.67. The van der Waals surface area contributed by atoms with Crippen molar-refractivity contribution >= 4 is 0 Å². The van der Waals surface area contributed by atoms with E-state index in [9.17, 15) is 0 Å². The quantitative estimate of drug-likeness (QED) is 0.594. The summed E-state index contributed by atoms with van der Waals surface area (Å²) in [4.78, 5) is 0. The molecule has 1 heterocycles. The third-order valence-corrected chi connectivity index (χ3v) is 2.74. The molecule has 2 N–H and O–H groups in total. The van der Waals surface area contributed by atoms with Gasteiger partial charge in [-0.05, 0) is 5.41 Å². The molecule has 60 valence electrons. The van der Waals surface area contributed by atoms with Crippen molar-refractivity contribution in [3.63, 3.8) is 0 Å². The fraction of sp³-hybridized carbons (Fsp3) is 1.00. The number of rotatable bonds is 1. The van der Waals surface area contributed by atoms with Crippen LogP contribution in [0, 0.1) is 10.8 Å². The Bertz CT molecular complexity index is 116. The predicted octanol–water partition coefficient (Wildman–Crippen LogP) is 1.01. The summed E-state index contributed by atoms with van der Waals surface area (Å²) in [5, 5.41) is 0. The van der Waals surface area contributed by atoms with Gasteiger partial charge in [0.05, 0.1) is 13.2 Å². The highest BCUT2D eigenvalue weighted by Crippen LogP contribution is 2.43. The largest absolute Gasteiger partial charge is 0.380 e. The van der Waals surface area contributed by atoms with Gasteiger partial charge in [0.2, 0.25) is 0 Å². The monoisotopic (exact) mass is 143 g/mol. The lowest BCUT2D eigenvalue weighted by Crippen LogP contribution is -2.56. The molecular weight excluding hydrogens is 126 g/mol. The van der Waals surface area contributed by atoms with Gasteiger partial charge in [-0.25, -0.2) is 0 Å². The standard InChI is InChI=1S/C8H17NO/c1-7(2,3)8(4-9)5-10-6-8/h4-6,9H2,1-3H3. The van der Waals surface area contributed by atoms with Crippen LogP contribution in [0.5, 0.6) is 0 Å². The Morgan fingerprint density at radius 3 is 1.90 bits per heavy atom. The molecule has 1 aliphatic rings. The third-order valence-electron chi connectivity index (χ3n) is 2.74. The molecule has 2 heteroatoms. The van der Waals surface area contributed by atoms with E-state index < -0.39 is 0 Å². The van der Waals surface area contributed by atoms with Crippen LogP contribution in [0.25, 0.3) is 0 Å². The normalized spacial score (nSPS) is 24.0. The van der Waals surface area contributed by atoms with E-state index in [2.05, 4.69) is 20.8 Å². The number of hydrogen-bond acceptors (Lipinski definition) is 2. The first-order valence-corrected chi connectivity index (χ1v) is 3.80. The Hall–Kier alpha value is -0.0800. The van der Waals surface area contributed by atoms with E-state index >= 15 is 0 Å². The van der Waals surface area contributed by atoms with Gasteiger partial charge in [0, 0.05) is 12.0 Å². The van der Waals surface area contributed by atoms with Crippen molar-refractivity contribution in [1.82, 2.24) is 0 Å². The molecule has 0 aliphatic carbocycles. The Morgan fingerprint density at radius 1 is 1.40 bits per heavy atom. The molecule has 1 saturated heterocycles. The third kappa shape index (κ3) is 0.956. The Labute approximate surface area is 62.7 Å². The first-order chi connectivity index (χ1) is 4.52. The van der Waals surface area contributed by atoms with Crippen LogP contribution in [0.15, 0.2) is 0 Å². The summed E-state index contributed by atoms with van der Waals surface area (Å²) >= 11 is 0. The molecule has 0 radical (unpaired) electrons. The molecule has 1 fully saturated rings. The van der Waals surface area contributed by atoms with Crippen LogP contribution in [-0.4, -0.2) is 19.8 Å². The molecule has 0 aromatic carbocycles. The fourth-order valence-corrected chi connectivity index (χ4v) is 1.21. The number of hydrogen-bond donors (Lipinski definition) is 1. The molecular formula is C8H17NO. The van der Waals surface area contributed by atoms with E-state index in [4.69, 9.17) is 10.5 Å². The van der Waals surface area contributed by atoms with Crippen LogP contribution in [0.3, 0.4) is 0 Å². The Morgan fingerprint density at radius 2 is 1.90 bits per heavy atom. The lowest BCUT2D eigenvalue weighted by atomic mass is 9.65. The molecule has 0 aromatic rings. The van der Waals surface area contributed by atoms with Crippen LogP contribution in [0.2, 0.25) is 0 Å². The summed E-state index contributed by atoms with van der Waals surface area (Å²) in [6.45, 7) is 9.10. The van der Waals surface area contributed by atoms with E-state index in [0.717, 1.165) is 19.8 Å². The highest BCUT2D eigenvalue weighted by atomic mass is 16.5. The smallest absolute Gasteiger partial charge is 0.0562 e. The highest BCUT2D eigenvalue weighted by molar-refractivity contribution is 4.95. The number of ether oxygens (including phenoxy) is 1. The average molecular weight is 143 g/mol. The fourth-order valence-electron chi connectivity index (χ4n) is 1.21. The Balaban J connectivity index is 2.65. The van der Waals surface area contributed by atoms with Gasteiger partial charge in [-0.15, -0.1) is 0 Å². The summed E-state index contributed by atoms with van der Waals surface area (Å²) in [5.74, 6) is 0. The topological polar surface area (TPSA) is 35.2 Å². The SMILES string of the molecule is CC(C)(C)C1(CN)COC1. The molecule has 10 heavy (non-hydrogen) atoms. The molecule has 0 unspecified atom stereocenters. The molecule has 0 saturated carbocycles. The zero-order chi connectivity index (χ0) is 7.83. The molecule has 0 amide bonds. The molecule has 0 aromatic heterocycles. The predicted molar refractivity (Wildman–Crippen MR) is 41.8 cm³/mol. The lowest BCUT2D eigenvalue weighted by molar-refractivity contribution is -0.163. The average Bonchev–Trinajstić information content (AvgIpc) is 1.58. The minimum absolute atomic E-state index is 0.257. The zero-order valence-electron chi connectivity index (χ0n) is 7.11. The van der Waals surface area contributed by atoms with Crippen LogP contribution < -0.4 is 5.73 Å². The molecule has 0 atom stereocenters. The first-order valence-electron chi connectivity index (χ1n) is 3.80. The van der Waals surface area contributed by atoms with Crippen molar-refractivity contribution < 1.29 is 4.74 Å². The second-order valence-corrected chi connectivity index (χ2v) is 4.23. The maximum atomic E-state index is 5.67. The van der Waals surface area contributed by atoms with Gasteiger partial charge in [-0.3, -0.25) is 0 Å². The first kappa shape index (κ1) is 8.02. The van der Waals surface area contributed by atoms with E-state index in [1.807, 2.05) is 0 Å². The van der Waals surface area contributed by atoms with Crippen molar-refractivity contribution in [3.8, 4) is 0 Å². The second-order valence-electron chi connectivity index (χ2n) is 4.23. The number of nitrogens with two attached hydrogens (primary N) is 1.